The monoisotopic (exact) mass is 533 g/mol. The Labute approximate surface area is 222 Å². The van der Waals surface area contributed by atoms with E-state index in [-0.39, 0.29) is 18.1 Å². The maximum Gasteiger partial charge on any atom is 0.233 e. The van der Waals surface area contributed by atoms with E-state index in [1.165, 1.54) is 23.1 Å². The molecule has 4 aromatic rings. The Hall–Kier alpha value is -4.53. The van der Waals surface area contributed by atoms with Crippen molar-refractivity contribution in [3.8, 4) is 17.0 Å². The number of phenols is 1. The van der Waals surface area contributed by atoms with E-state index in [0.717, 1.165) is 5.56 Å². The molecule has 9 heteroatoms. The number of nitrogens with zero attached hydrogens (tertiary/aromatic N) is 3. The number of amides is 1. The number of benzene rings is 3. The number of phenolic OH excluding ortho intramolecular Hbond substituents is 1. The van der Waals surface area contributed by atoms with Gasteiger partial charge in [-0.3, -0.25) is 9.69 Å². The van der Waals surface area contributed by atoms with E-state index in [2.05, 4.69) is 0 Å². The quantitative estimate of drug-likeness (QED) is 0.190. The molecule has 3 aromatic carbocycles. The summed E-state index contributed by atoms with van der Waals surface area (Å²) in [7, 11) is 0. The molecule has 0 unspecified atom stereocenters. The van der Waals surface area contributed by atoms with E-state index in [1.807, 2.05) is 30.3 Å². The summed E-state index contributed by atoms with van der Waals surface area (Å²) in [6.45, 7) is 3.26. The van der Waals surface area contributed by atoms with Crippen LogP contribution in [0.4, 0.5) is 23.4 Å². The van der Waals surface area contributed by atoms with Gasteiger partial charge in [0, 0.05) is 29.7 Å². The Morgan fingerprint density at radius 2 is 1.54 bits per heavy atom. The molecule has 5 nitrogen and oxygen atoms in total. The molecule has 0 atom stereocenters. The average molecular weight is 534 g/mol. The van der Waals surface area contributed by atoms with Crippen LogP contribution in [0.5, 0.6) is 5.75 Å². The summed E-state index contributed by atoms with van der Waals surface area (Å²) in [5.74, 6) is -7.37. The minimum absolute atomic E-state index is 0.0488. The molecule has 0 fully saturated rings. The molecular formula is C30H23F4N3O2. The zero-order chi connectivity index (χ0) is 27.8. The summed E-state index contributed by atoms with van der Waals surface area (Å²) in [5, 5.41) is 9.70. The molecule has 5 rings (SSSR count). The summed E-state index contributed by atoms with van der Waals surface area (Å²) in [5.41, 5.74) is 2.47. The number of hydrogen-bond donors (Lipinski definition) is 1. The number of halogens is 4. The number of fused-ring (bicyclic) bond motifs is 1. The lowest BCUT2D eigenvalue weighted by atomic mass is 9.97. The van der Waals surface area contributed by atoms with Crippen LogP contribution in [0.3, 0.4) is 0 Å². The van der Waals surface area contributed by atoms with Crippen molar-refractivity contribution in [3.05, 3.63) is 112 Å². The van der Waals surface area contributed by atoms with Gasteiger partial charge in [-0.2, -0.15) is 0 Å². The highest BCUT2D eigenvalue weighted by molar-refractivity contribution is 5.96. The number of carbonyl (C=O) groups is 1. The maximum absolute atomic E-state index is 14.7. The van der Waals surface area contributed by atoms with E-state index in [4.69, 9.17) is 9.97 Å². The number of carbonyl (C=O) groups excluding carboxylic acids is 1. The first-order valence-electron chi connectivity index (χ1n) is 12.2. The Bertz CT molecular complexity index is 1620. The SMILES string of the molecule is CC1=Cc2c(F)c(F)c(F)c(F)c2CC(=O)N(c2nc(C)c(-c3ccc(O)cc3)nc2Cc2ccccc2)C1. The summed E-state index contributed by atoms with van der Waals surface area (Å²) >= 11 is 0. The van der Waals surface area contributed by atoms with Crippen molar-refractivity contribution in [2.24, 2.45) is 0 Å². The second kappa shape index (κ2) is 10.3. The molecular weight excluding hydrogens is 510 g/mol. The van der Waals surface area contributed by atoms with Crippen LogP contribution < -0.4 is 4.90 Å². The molecule has 1 N–H and O–H groups in total. The number of aromatic nitrogens is 2. The van der Waals surface area contributed by atoms with Gasteiger partial charge < -0.3 is 5.11 Å². The van der Waals surface area contributed by atoms with Crippen LogP contribution >= 0.6 is 0 Å². The number of anilines is 1. The summed E-state index contributed by atoms with van der Waals surface area (Å²) < 4.78 is 57.3. The van der Waals surface area contributed by atoms with Gasteiger partial charge in [0.15, 0.2) is 29.1 Å². The van der Waals surface area contributed by atoms with Gasteiger partial charge in [0.05, 0.1) is 23.5 Å². The van der Waals surface area contributed by atoms with Crippen molar-refractivity contribution in [3.63, 3.8) is 0 Å². The Morgan fingerprint density at radius 1 is 0.872 bits per heavy atom. The van der Waals surface area contributed by atoms with Crippen molar-refractivity contribution in [1.29, 1.82) is 0 Å². The fourth-order valence-electron chi connectivity index (χ4n) is 4.65. The minimum atomic E-state index is -1.96. The van der Waals surface area contributed by atoms with Crippen LogP contribution in [-0.2, 0) is 17.6 Å². The first-order valence-corrected chi connectivity index (χ1v) is 12.2. The number of rotatable bonds is 4. The van der Waals surface area contributed by atoms with Gasteiger partial charge in [0.2, 0.25) is 5.91 Å². The van der Waals surface area contributed by atoms with Crippen molar-refractivity contribution in [1.82, 2.24) is 9.97 Å². The van der Waals surface area contributed by atoms with Crippen molar-refractivity contribution in [2.75, 3.05) is 11.4 Å². The molecule has 1 aliphatic rings. The predicted octanol–water partition coefficient (Wildman–Crippen LogP) is 6.30. The van der Waals surface area contributed by atoms with Crippen LogP contribution in [0.15, 0.2) is 60.2 Å². The Kier molecular flexibility index (Phi) is 6.91. The van der Waals surface area contributed by atoms with Crippen molar-refractivity contribution in [2.45, 2.75) is 26.7 Å². The lowest BCUT2D eigenvalue weighted by Gasteiger charge is -2.27. The largest absolute Gasteiger partial charge is 0.508 e. The summed E-state index contributed by atoms with van der Waals surface area (Å²) in [6, 6.07) is 15.9. The molecule has 0 spiro atoms. The van der Waals surface area contributed by atoms with Gasteiger partial charge in [-0.1, -0.05) is 42.0 Å². The van der Waals surface area contributed by atoms with Crippen LogP contribution in [0.1, 0.15) is 35.0 Å². The molecule has 39 heavy (non-hydrogen) atoms. The molecule has 0 saturated carbocycles. The normalized spacial score (nSPS) is 13.5. The smallest absolute Gasteiger partial charge is 0.233 e. The third-order valence-corrected chi connectivity index (χ3v) is 6.56. The van der Waals surface area contributed by atoms with Crippen LogP contribution in [-0.4, -0.2) is 27.5 Å². The fourth-order valence-corrected chi connectivity index (χ4v) is 4.65. The molecule has 0 saturated heterocycles. The standard InChI is InChI=1S/C30H23F4N3O2/c1-16-12-21-22(26(32)28(34)27(33)25(21)31)14-24(39)37(15-16)30-23(13-18-6-4-3-5-7-18)36-29(17(2)35-30)19-8-10-20(38)11-9-19/h3-12,38H,13-15H2,1-2H3. The Balaban J connectivity index is 1.65. The zero-order valence-corrected chi connectivity index (χ0v) is 21.1. The molecule has 2 heterocycles. The lowest BCUT2D eigenvalue weighted by molar-refractivity contribution is -0.118. The molecule has 198 valence electrons. The van der Waals surface area contributed by atoms with Crippen molar-refractivity contribution >= 4 is 17.8 Å². The highest BCUT2D eigenvalue weighted by Crippen LogP contribution is 2.32. The Morgan fingerprint density at radius 3 is 2.23 bits per heavy atom. The van der Waals surface area contributed by atoms with Gasteiger partial charge in [-0.05, 0) is 43.7 Å². The molecule has 1 aliphatic heterocycles. The van der Waals surface area contributed by atoms with Crippen LogP contribution in [0.25, 0.3) is 17.3 Å². The van der Waals surface area contributed by atoms with Gasteiger partial charge in [0.1, 0.15) is 5.75 Å². The number of aromatic hydroxyl groups is 1. The molecule has 1 amide bonds. The van der Waals surface area contributed by atoms with Crippen LogP contribution in [0.2, 0.25) is 0 Å². The van der Waals surface area contributed by atoms with E-state index < -0.39 is 46.7 Å². The second-order valence-electron chi connectivity index (χ2n) is 9.43. The zero-order valence-electron chi connectivity index (χ0n) is 21.1. The van der Waals surface area contributed by atoms with Crippen molar-refractivity contribution < 1.29 is 27.5 Å². The molecule has 0 aliphatic carbocycles. The predicted molar refractivity (Wildman–Crippen MR) is 139 cm³/mol. The van der Waals surface area contributed by atoms with Gasteiger partial charge >= 0.3 is 0 Å². The third kappa shape index (κ3) is 4.99. The van der Waals surface area contributed by atoms with E-state index >= 15 is 0 Å². The molecule has 0 bridgehead atoms. The van der Waals surface area contributed by atoms with E-state index in [1.54, 1.807) is 26.0 Å². The first-order chi connectivity index (χ1) is 18.6. The van der Waals surface area contributed by atoms with E-state index in [0.29, 0.717) is 34.6 Å². The highest BCUT2D eigenvalue weighted by atomic mass is 19.2. The molecule has 1 aromatic heterocycles. The van der Waals surface area contributed by atoms with Gasteiger partial charge in [-0.25, -0.2) is 27.5 Å². The highest BCUT2D eigenvalue weighted by Gasteiger charge is 2.31. The van der Waals surface area contributed by atoms with Gasteiger partial charge in [0.25, 0.3) is 0 Å². The van der Waals surface area contributed by atoms with E-state index in [9.17, 15) is 27.5 Å². The summed E-state index contributed by atoms with van der Waals surface area (Å²) in [4.78, 5) is 24.4. The maximum atomic E-state index is 14.7. The fraction of sp³-hybridized carbons (Fsp3) is 0.167. The first kappa shape index (κ1) is 26.1. The molecule has 0 radical (unpaired) electrons. The average Bonchev–Trinajstić information content (AvgIpc) is 2.92. The van der Waals surface area contributed by atoms with Crippen LogP contribution in [0, 0.1) is 30.2 Å². The summed E-state index contributed by atoms with van der Waals surface area (Å²) in [6.07, 6.45) is 0.822. The minimum Gasteiger partial charge on any atom is -0.508 e. The lowest BCUT2D eigenvalue weighted by Crippen LogP contribution is -2.37. The topological polar surface area (TPSA) is 66.3 Å². The number of hydrogen-bond acceptors (Lipinski definition) is 4. The number of aryl methyl sites for hydroxylation is 1. The third-order valence-electron chi connectivity index (χ3n) is 6.56. The second-order valence-corrected chi connectivity index (χ2v) is 9.43. The van der Waals surface area contributed by atoms with Gasteiger partial charge in [-0.15, -0.1) is 0 Å².